The van der Waals surface area contributed by atoms with E-state index in [0.717, 1.165) is 50.2 Å². The molecule has 1 aliphatic heterocycles. The van der Waals surface area contributed by atoms with E-state index in [1.807, 2.05) is 25.3 Å². The summed E-state index contributed by atoms with van der Waals surface area (Å²) in [4.78, 5) is 27.6. The van der Waals surface area contributed by atoms with Crippen molar-refractivity contribution in [2.75, 3.05) is 20.1 Å². The van der Waals surface area contributed by atoms with Crippen LogP contribution in [-0.2, 0) is 6.54 Å². The first-order valence-corrected chi connectivity index (χ1v) is 9.68. The fourth-order valence-corrected chi connectivity index (χ4v) is 3.74. The number of carbonyl (C=O) groups is 1. The second kappa shape index (κ2) is 8.49. The number of hydrogen-bond donors (Lipinski definition) is 1. The van der Waals surface area contributed by atoms with Crippen molar-refractivity contribution in [3.05, 3.63) is 51.3 Å². The number of rotatable bonds is 5. The highest BCUT2D eigenvalue weighted by Gasteiger charge is 2.28. The summed E-state index contributed by atoms with van der Waals surface area (Å²) >= 11 is 0. The van der Waals surface area contributed by atoms with E-state index in [9.17, 15) is 9.59 Å². The van der Waals surface area contributed by atoms with E-state index in [2.05, 4.69) is 10.5 Å². The molecule has 7 nitrogen and oxygen atoms in total. The van der Waals surface area contributed by atoms with Gasteiger partial charge in [0.1, 0.15) is 17.0 Å². The van der Waals surface area contributed by atoms with Crippen LogP contribution in [0.2, 0.25) is 0 Å². The Bertz CT molecular complexity index is 897. The quantitative estimate of drug-likeness (QED) is 0.825. The van der Waals surface area contributed by atoms with Gasteiger partial charge in [-0.25, -0.2) is 0 Å². The smallest absolute Gasteiger partial charge is 0.263 e. The van der Waals surface area contributed by atoms with Crippen LogP contribution in [0.1, 0.15) is 65.0 Å². The summed E-state index contributed by atoms with van der Waals surface area (Å²) in [5.41, 5.74) is 1.49. The Morgan fingerprint density at radius 2 is 2.04 bits per heavy atom. The zero-order chi connectivity index (χ0) is 19.0. The lowest BCUT2D eigenvalue weighted by Gasteiger charge is -2.26. The first kappa shape index (κ1) is 20.6. The van der Waals surface area contributed by atoms with Crippen LogP contribution in [0.4, 0.5) is 0 Å². The Morgan fingerprint density at radius 1 is 1.32 bits per heavy atom. The van der Waals surface area contributed by atoms with E-state index < -0.39 is 0 Å². The molecule has 28 heavy (non-hydrogen) atoms. The predicted molar refractivity (Wildman–Crippen MR) is 108 cm³/mol. The number of hydrogen-bond acceptors (Lipinski definition) is 5. The van der Waals surface area contributed by atoms with Gasteiger partial charge in [-0.3, -0.25) is 9.59 Å². The van der Waals surface area contributed by atoms with Crippen molar-refractivity contribution in [1.29, 1.82) is 0 Å². The Morgan fingerprint density at radius 3 is 2.71 bits per heavy atom. The summed E-state index contributed by atoms with van der Waals surface area (Å²) in [7, 11) is 1.70. The number of carbonyl (C=O) groups excluding carboxylic acids is 1. The Hall–Kier alpha value is -2.12. The number of nitrogens with zero attached hydrogens (tertiary/aromatic N) is 3. The number of pyridine rings is 1. The molecule has 1 aliphatic carbocycles. The molecule has 3 heterocycles. The van der Waals surface area contributed by atoms with Gasteiger partial charge < -0.3 is 19.3 Å². The molecule has 0 bridgehead atoms. The zero-order valence-electron chi connectivity index (χ0n) is 16.3. The van der Waals surface area contributed by atoms with Gasteiger partial charge >= 0.3 is 0 Å². The van der Waals surface area contributed by atoms with Gasteiger partial charge in [-0.15, -0.1) is 12.4 Å². The third-order valence-electron chi connectivity index (χ3n) is 5.55. The van der Waals surface area contributed by atoms with E-state index in [0.29, 0.717) is 18.0 Å². The normalized spacial score (nSPS) is 17.2. The summed E-state index contributed by atoms with van der Waals surface area (Å²) < 4.78 is 7.09. The third kappa shape index (κ3) is 4.15. The second-order valence-corrected chi connectivity index (χ2v) is 7.72. The van der Waals surface area contributed by atoms with Crippen LogP contribution >= 0.6 is 12.4 Å². The van der Waals surface area contributed by atoms with Crippen molar-refractivity contribution >= 4 is 18.3 Å². The standard InChI is InChI=1S/C20H26N4O3.ClH/c1-13-7-10-24(16-5-8-21-9-6-16)20(26)18(13)19(25)23(2)12-15-11-17(27-22-15)14-3-4-14;/h7,10-11,14,16,21H,3-6,8-9,12H2,1-2H3;1H. The summed E-state index contributed by atoms with van der Waals surface area (Å²) in [5, 5.41) is 7.38. The summed E-state index contributed by atoms with van der Waals surface area (Å²) in [6.07, 6.45) is 5.90. The molecule has 1 amide bonds. The predicted octanol–water partition coefficient (Wildman–Crippen LogP) is 2.64. The number of aromatic nitrogens is 2. The fraction of sp³-hybridized carbons (Fsp3) is 0.550. The van der Waals surface area contributed by atoms with Gasteiger partial charge in [0.2, 0.25) is 0 Å². The molecule has 0 aromatic carbocycles. The Balaban J connectivity index is 0.00000225. The second-order valence-electron chi connectivity index (χ2n) is 7.72. The molecule has 1 saturated carbocycles. The van der Waals surface area contributed by atoms with E-state index in [1.165, 1.54) is 0 Å². The molecule has 8 heteroatoms. The average Bonchev–Trinajstić information content (AvgIpc) is 3.42. The molecule has 4 rings (SSSR count). The summed E-state index contributed by atoms with van der Waals surface area (Å²) in [5.74, 6) is 1.12. The van der Waals surface area contributed by atoms with Crippen LogP contribution in [0, 0.1) is 6.92 Å². The largest absolute Gasteiger partial charge is 0.361 e. The monoisotopic (exact) mass is 406 g/mol. The van der Waals surface area contributed by atoms with Gasteiger partial charge in [0, 0.05) is 31.3 Å². The number of piperidine rings is 1. The molecule has 0 atom stereocenters. The molecular weight excluding hydrogens is 380 g/mol. The SMILES string of the molecule is Cc1ccn(C2CCNCC2)c(=O)c1C(=O)N(C)Cc1cc(C2CC2)on1.Cl. The maximum atomic E-state index is 13.0. The number of halogens is 1. The molecule has 0 spiro atoms. The van der Waals surface area contributed by atoms with Crippen molar-refractivity contribution in [3.63, 3.8) is 0 Å². The van der Waals surface area contributed by atoms with E-state index in [4.69, 9.17) is 4.52 Å². The maximum absolute atomic E-state index is 13.0. The molecule has 0 unspecified atom stereocenters. The van der Waals surface area contributed by atoms with Crippen molar-refractivity contribution in [1.82, 2.24) is 19.9 Å². The summed E-state index contributed by atoms with van der Waals surface area (Å²) in [6, 6.07) is 3.94. The highest BCUT2D eigenvalue weighted by atomic mass is 35.5. The van der Waals surface area contributed by atoms with Gasteiger partial charge in [0.05, 0.1) is 6.54 Å². The molecule has 2 aliphatic rings. The van der Waals surface area contributed by atoms with Gasteiger partial charge in [0.25, 0.3) is 11.5 Å². The molecule has 2 aromatic heterocycles. The molecule has 1 saturated heterocycles. The third-order valence-corrected chi connectivity index (χ3v) is 5.55. The van der Waals surface area contributed by atoms with Crippen molar-refractivity contribution in [2.24, 2.45) is 0 Å². The van der Waals surface area contributed by atoms with Crippen molar-refractivity contribution < 1.29 is 9.32 Å². The van der Waals surface area contributed by atoms with Gasteiger partial charge in [-0.1, -0.05) is 5.16 Å². The average molecular weight is 407 g/mol. The van der Waals surface area contributed by atoms with Crippen LogP contribution in [0.15, 0.2) is 27.6 Å². The van der Waals surface area contributed by atoms with Crippen LogP contribution in [0.25, 0.3) is 0 Å². The Kier molecular flexibility index (Phi) is 6.25. The lowest BCUT2D eigenvalue weighted by Crippen LogP contribution is -2.39. The molecule has 2 aromatic rings. The van der Waals surface area contributed by atoms with Crippen LogP contribution in [0.5, 0.6) is 0 Å². The molecule has 1 N–H and O–H groups in total. The zero-order valence-corrected chi connectivity index (χ0v) is 17.1. The van der Waals surface area contributed by atoms with Crippen molar-refractivity contribution in [3.8, 4) is 0 Å². The number of nitrogens with one attached hydrogen (secondary N) is 1. The maximum Gasteiger partial charge on any atom is 0.263 e. The van der Waals surface area contributed by atoms with E-state index >= 15 is 0 Å². The molecular formula is C20H27ClN4O3. The first-order chi connectivity index (χ1) is 13.0. The van der Waals surface area contributed by atoms with Gasteiger partial charge in [-0.05, 0) is 57.3 Å². The van der Waals surface area contributed by atoms with E-state index in [-0.39, 0.29) is 35.5 Å². The number of amides is 1. The van der Waals surface area contributed by atoms with Crippen LogP contribution < -0.4 is 10.9 Å². The minimum atomic E-state index is -0.267. The van der Waals surface area contributed by atoms with Crippen LogP contribution in [0.3, 0.4) is 0 Å². The Labute approximate surface area is 170 Å². The minimum Gasteiger partial charge on any atom is -0.361 e. The molecule has 152 valence electrons. The lowest BCUT2D eigenvalue weighted by molar-refractivity contribution is 0.0778. The highest BCUT2D eigenvalue weighted by molar-refractivity contribution is 5.95. The highest BCUT2D eigenvalue weighted by Crippen LogP contribution is 2.40. The molecule has 2 fully saturated rings. The summed E-state index contributed by atoms with van der Waals surface area (Å²) in [6.45, 7) is 3.93. The lowest BCUT2D eigenvalue weighted by atomic mass is 10.0. The fourth-order valence-electron chi connectivity index (χ4n) is 3.74. The van der Waals surface area contributed by atoms with Crippen molar-refractivity contribution in [2.45, 2.75) is 51.1 Å². The number of aryl methyl sites for hydroxylation is 1. The van der Waals surface area contributed by atoms with Crippen LogP contribution in [-0.4, -0.2) is 40.7 Å². The minimum absolute atomic E-state index is 0. The van der Waals surface area contributed by atoms with Gasteiger partial charge in [0.15, 0.2) is 0 Å². The molecule has 0 radical (unpaired) electrons. The first-order valence-electron chi connectivity index (χ1n) is 9.68. The topological polar surface area (TPSA) is 80.4 Å². The van der Waals surface area contributed by atoms with E-state index in [1.54, 1.807) is 16.5 Å². The van der Waals surface area contributed by atoms with Gasteiger partial charge in [-0.2, -0.15) is 0 Å².